The number of carbonyl (C=O) groups is 2. The first-order chi connectivity index (χ1) is 13.5. The molecule has 2 bridgehead atoms. The second-order valence-electron chi connectivity index (χ2n) is 6.86. The van der Waals surface area contributed by atoms with Crippen LogP contribution in [0.25, 0.3) is 0 Å². The fourth-order valence-electron chi connectivity index (χ4n) is 3.40. The number of alkyl halides is 6. The lowest BCUT2D eigenvalue weighted by molar-refractivity contribution is -0.362. The topological polar surface area (TPSA) is 116 Å². The number of hydrogen-bond acceptors (Lipinski definition) is 7. The normalized spacial score (nSPS) is 27.0. The zero-order valence-corrected chi connectivity index (χ0v) is 15.7. The summed E-state index contributed by atoms with van der Waals surface area (Å²) in [5.74, 6) is -7.65. The van der Waals surface area contributed by atoms with Crippen molar-refractivity contribution < 1.29 is 63.1 Å². The van der Waals surface area contributed by atoms with Gasteiger partial charge in [-0.1, -0.05) is 6.58 Å². The molecule has 0 aromatic carbocycles. The van der Waals surface area contributed by atoms with Crippen LogP contribution in [0.2, 0.25) is 0 Å². The van der Waals surface area contributed by atoms with Gasteiger partial charge >= 0.3 is 29.9 Å². The van der Waals surface area contributed by atoms with Crippen molar-refractivity contribution in [2.75, 3.05) is 12.4 Å². The van der Waals surface area contributed by atoms with Gasteiger partial charge in [-0.15, -0.1) is 0 Å². The fraction of sp³-hybridized carbons (Fsp3) is 0.733. The van der Waals surface area contributed by atoms with Crippen LogP contribution in [0, 0.1) is 11.8 Å². The Morgan fingerprint density at radius 2 is 1.67 bits per heavy atom. The van der Waals surface area contributed by atoms with Crippen molar-refractivity contribution in [3.8, 4) is 0 Å². The van der Waals surface area contributed by atoms with E-state index in [1.807, 2.05) is 0 Å². The molecule has 2 rings (SSSR count). The van der Waals surface area contributed by atoms with Crippen molar-refractivity contribution in [3.63, 3.8) is 0 Å². The third-order valence-corrected chi connectivity index (χ3v) is 5.60. The van der Waals surface area contributed by atoms with Crippen molar-refractivity contribution in [1.82, 2.24) is 0 Å². The van der Waals surface area contributed by atoms with E-state index < -0.39 is 69.8 Å². The van der Waals surface area contributed by atoms with Crippen molar-refractivity contribution in [2.24, 2.45) is 11.8 Å². The summed E-state index contributed by atoms with van der Waals surface area (Å²) < 4.78 is 124. The highest BCUT2D eigenvalue weighted by atomic mass is 32.2. The summed E-state index contributed by atoms with van der Waals surface area (Å²) in [5.41, 5.74) is -5.45. The monoisotopic (exact) mass is 470 g/mol. The molecule has 2 heterocycles. The molecule has 0 amide bonds. The van der Waals surface area contributed by atoms with E-state index in [0.29, 0.717) is 0 Å². The minimum atomic E-state index is -6.39. The van der Waals surface area contributed by atoms with Crippen molar-refractivity contribution in [1.29, 1.82) is 0 Å². The van der Waals surface area contributed by atoms with Crippen LogP contribution in [0.3, 0.4) is 0 Å². The Kier molecular flexibility index (Phi) is 6.50. The lowest BCUT2D eigenvalue weighted by atomic mass is 9.82. The molecular weight excluding hydrogens is 454 g/mol. The Balaban J connectivity index is 2.18. The van der Waals surface area contributed by atoms with Crippen LogP contribution < -0.4 is 0 Å². The van der Waals surface area contributed by atoms with Gasteiger partial charge < -0.3 is 14.2 Å². The highest BCUT2D eigenvalue weighted by Crippen LogP contribution is 2.49. The van der Waals surface area contributed by atoms with E-state index in [-0.39, 0.29) is 19.4 Å². The SMILES string of the molecule is C=CC(=O)OCC1CC2OC1CC2C(=O)OC(CS(=O)(=O)O)(C(F)(F)F)C(F)(F)F. The zero-order chi connectivity index (χ0) is 23.1. The number of rotatable bonds is 7. The van der Waals surface area contributed by atoms with Gasteiger partial charge in [-0.25, -0.2) is 4.79 Å². The van der Waals surface area contributed by atoms with Gasteiger partial charge in [-0.3, -0.25) is 9.35 Å². The molecule has 8 nitrogen and oxygen atoms in total. The minimum Gasteiger partial charge on any atom is -0.462 e. The van der Waals surface area contributed by atoms with Gasteiger partial charge in [0.25, 0.3) is 10.1 Å². The quantitative estimate of drug-likeness (QED) is 0.259. The standard InChI is InChI=1S/C15H16F6O8S/c1-2-11(22)27-5-7-3-10-8(4-9(7)28-10)12(23)29-13(14(16,17)18,15(19,20)21)6-30(24,25)26/h2,7-10H,1,3-6H2,(H,24,25,26). The van der Waals surface area contributed by atoms with E-state index in [1.54, 1.807) is 0 Å². The maximum absolute atomic E-state index is 13.2. The maximum Gasteiger partial charge on any atom is 0.438 e. The smallest absolute Gasteiger partial charge is 0.438 e. The lowest BCUT2D eigenvalue weighted by Gasteiger charge is -2.36. The Hall–Kier alpha value is -1.87. The third-order valence-electron chi connectivity index (χ3n) is 4.83. The largest absolute Gasteiger partial charge is 0.462 e. The molecular formula is C15H16F6O8S. The van der Waals surface area contributed by atoms with E-state index in [2.05, 4.69) is 11.3 Å². The molecule has 0 saturated carbocycles. The summed E-state index contributed by atoms with van der Waals surface area (Å²) >= 11 is 0. The molecule has 4 atom stereocenters. The first-order valence-corrected chi connectivity index (χ1v) is 9.88. The van der Waals surface area contributed by atoms with Gasteiger partial charge in [0.2, 0.25) is 0 Å². The van der Waals surface area contributed by atoms with Crippen molar-refractivity contribution in [3.05, 3.63) is 12.7 Å². The molecule has 0 aromatic rings. The average Bonchev–Trinajstić information content (AvgIpc) is 3.15. The molecule has 2 saturated heterocycles. The van der Waals surface area contributed by atoms with Gasteiger partial charge in [-0.05, 0) is 12.8 Å². The Morgan fingerprint density at radius 3 is 2.07 bits per heavy atom. The summed E-state index contributed by atoms with van der Waals surface area (Å²) in [4.78, 5) is 23.2. The molecule has 30 heavy (non-hydrogen) atoms. The lowest BCUT2D eigenvalue weighted by Crippen LogP contribution is -2.64. The van der Waals surface area contributed by atoms with E-state index in [4.69, 9.17) is 14.0 Å². The minimum absolute atomic E-state index is 0.0157. The average molecular weight is 470 g/mol. The molecule has 0 aromatic heterocycles. The Morgan fingerprint density at radius 1 is 1.10 bits per heavy atom. The first kappa shape index (κ1) is 24.4. The summed E-state index contributed by atoms with van der Waals surface area (Å²) in [7, 11) is -5.86. The highest BCUT2D eigenvalue weighted by Gasteiger charge is 2.76. The third kappa shape index (κ3) is 4.88. The predicted octanol–water partition coefficient (Wildman–Crippen LogP) is 1.80. The molecule has 15 heteroatoms. The second-order valence-corrected chi connectivity index (χ2v) is 8.31. The van der Waals surface area contributed by atoms with E-state index >= 15 is 0 Å². The zero-order valence-electron chi connectivity index (χ0n) is 14.9. The number of fused-ring (bicyclic) bond motifs is 2. The molecule has 2 fully saturated rings. The molecule has 0 radical (unpaired) electrons. The summed E-state index contributed by atoms with van der Waals surface area (Å²) in [6, 6.07) is 0. The van der Waals surface area contributed by atoms with Crippen molar-refractivity contribution in [2.45, 2.75) is 43.0 Å². The van der Waals surface area contributed by atoms with Gasteiger partial charge in [0, 0.05) is 12.0 Å². The van der Waals surface area contributed by atoms with Crippen LogP contribution >= 0.6 is 0 Å². The van der Waals surface area contributed by atoms with Crippen LogP contribution in [0.1, 0.15) is 12.8 Å². The van der Waals surface area contributed by atoms with Gasteiger partial charge in [0.05, 0.1) is 24.7 Å². The number of esters is 2. The van der Waals surface area contributed by atoms with E-state index in [9.17, 15) is 44.3 Å². The van der Waals surface area contributed by atoms with Crippen molar-refractivity contribution >= 4 is 22.1 Å². The number of carbonyl (C=O) groups excluding carboxylic acids is 2. The molecule has 172 valence electrons. The number of ether oxygens (including phenoxy) is 3. The Labute approximate surface area is 165 Å². The van der Waals surface area contributed by atoms with Crippen LogP contribution in [-0.2, 0) is 33.9 Å². The highest BCUT2D eigenvalue weighted by molar-refractivity contribution is 7.85. The predicted molar refractivity (Wildman–Crippen MR) is 83.4 cm³/mol. The van der Waals surface area contributed by atoms with Crippen LogP contribution in [0.15, 0.2) is 12.7 Å². The maximum atomic E-state index is 13.2. The number of halogens is 6. The first-order valence-electron chi connectivity index (χ1n) is 8.27. The van der Waals surface area contributed by atoms with Gasteiger partial charge in [-0.2, -0.15) is 34.8 Å². The van der Waals surface area contributed by atoms with Crippen LogP contribution in [-0.4, -0.2) is 67.4 Å². The van der Waals surface area contributed by atoms with Gasteiger partial charge in [0.1, 0.15) is 5.75 Å². The van der Waals surface area contributed by atoms with Crippen LogP contribution in [0.5, 0.6) is 0 Å². The molecule has 1 N–H and O–H groups in total. The summed E-state index contributed by atoms with van der Waals surface area (Å²) in [6.07, 6.45) is -14.1. The Bertz CT molecular complexity index is 791. The molecule has 0 aliphatic carbocycles. The van der Waals surface area contributed by atoms with Gasteiger partial charge in [0.15, 0.2) is 0 Å². The summed E-state index contributed by atoms with van der Waals surface area (Å²) in [5, 5.41) is 0. The van der Waals surface area contributed by atoms with Crippen LogP contribution in [0.4, 0.5) is 26.3 Å². The van der Waals surface area contributed by atoms with E-state index in [0.717, 1.165) is 6.08 Å². The fourth-order valence-corrected chi connectivity index (χ4v) is 4.30. The molecule has 2 aliphatic heterocycles. The van der Waals surface area contributed by atoms with E-state index in [1.165, 1.54) is 0 Å². The molecule has 4 unspecified atom stereocenters. The second kappa shape index (κ2) is 8.00. The molecule has 0 spiro atoms. The molecule has 2 aliphatic rings. The number of hydrogen-bond donors (Lipinski definition) is 1. The summed E-state index contributed by atoms with van der Waals surface area (Å²) in [6.45, 7) is 3.02.